The molecule has 0 aromatic carbocycles. The fourth-order valence-electron chi connectivity index (χ4n) is 1.56. The Morgan fingerprint density at radius 2 is 2.11 bits per heavy atom. The number of anilines is 1. The highest BCUT2D eigenvalue weighted by Crippen LogP contribution is 2.16. The molecule has 0 bridgehead atoms. The number of carbonyl (C=O) groups is 1. The van der Waals surface area contributed by atoms with Gasteiger partial charge in [0.2, 0.25) is 5.91 Å². The van der Waals surface area contributed by atoms with Gasteiger partial charge in [0, 0.05) is 13.6 Å². The van der Waals surface area contributed by atoms with E-state index in [2.05, 4.69) is 15.7 Å². The van der Waals surface area contributed by atoms with Gasteiger partial charge in [0.25, 0.3) is 5.56 Å². The van der Waals surface area contributed by atoms with Crippen LogP contribution in [0, 0.1) is 5.92 Å². The maximum absolute atomic E-state index is 12.0. The molecule has 6 nitrogen and oxygen atoms in total. The summed E-state index contributed by atoms with van der Waals surface area (Å²) in [5.41, 5.74) is 0.00671. The third-order valence-electron chi connectivity index (χ3n) is 2.53. The van der Waals surface area contributed by atoms with Gasteiger partial charge in [-0.15, -0.1) is 0 Å². The van der Waals surface area contributed by atoms with Crippen LogP contribution in [0.2, 0.25) is 5.02 Å². The molecular formula is C12H19ClN4O2. The normalized spacial score (nSPS) is 12.3. The standard InChI is InChI=1S/C12H19ClN4O2/c1-7(2)6-17-12(19)10(13)9(5-15-17)16-8(3)11(18)14-4/h5,7-8,16H,6H2,1-4H3,(H,14,18). The minimum atomic E-state index is -0.496. The van der Waals surface area contributed by atoms with Crippen molar-refractivity contribution in [2.24, 2.45) is 5.92 Å². The molecule has 0 aliphatic heterocycles. The molecule has 0 aliphatic rings. The topological polar surface area (TPSA) is 76.0 Å². The minimum absolute atomic E-state index is 0.0476. The lowest BCUT2D eigenvalue weighted by atomic mass is 10.2. The van der Waals surface area contributed by atoms with Gasteiger partial charge in [-0.25, -0.2) is 4.68 Å². The van der Waals surface area contributed by atoms with Crippen molar-refractivity contribution in [3.63, 3.8) is 0 Å². The second-order valence-corrected chi connectivity index (χ2v) is 5.11. The summed E-state index contributed by atoms with van der Waals surface area (Å²) in [6.07, 6.45) is 1.46. The van der Waals surface area contributed by atoms with E-state index in [1.807, 2.05) is 13.8 Å². The Balaban J connectivity index is 2.97. The van der Waals surface area contributed by atoms with Gasteiger partial charge in [0.1, 0.15) is 11.1 Å². The number of nitrogens with zero attached hydrogens (tertiary/aromatic N) is 2. The molecule has 0 radical (unpaired) electrons. The van der Waals surface area contributed by atoms with Crippen LogP contribution in [0.3, 0.4) is 0 Å². The van der Waals surface area contributed by atoms with Crippen LogP contribution < -0.4 is 16.2 Å². The number of likely N-dealkylation sites (N-methyl/N-ethyl adjacent to an activating group) is 1. The lowest BCUT2D eigenvalue weighted by molar-refractivity contribution is -0.121. The van der Waals surface area contributed by atoms with Crippen molar-refractivity contribution in [3.05, 3.63) is 21.6 Å². The quantitative estimate of drug-likeness (QED) is 0.850. The van der Waals surface area contributed by atoms with Crippen LogP contribution in [0.15, 0.2) is 11.0 Å². The smallest absolute Gasteiger partial charge is 0.287 e. The van der Waals surface area contributed by atoms with Crippen LogP contribution in [0.1, 0.15) is 20.8 Å². The van der Waals surface area contributed by atoms with Crippen molar-refractivity contribution in [2.75, 3.05) is 12.4 Å². The molecule has 1 rings (SSSR count). The Morgan fingerprint density at radius 3 is 2.63 bits per heavy atom. The van der Waals surface area contributed by atoms with Gasteiger partial charge in [-0.3, -0.25) is 9.59 Å². The second kappa shape index (κ2) is 6.56. The molecule has 1 amide bonds. The minimum Gasteiger partial charge on any atom is -0.371 e. The van der Waals surface area contributed by atoms with E-state index < -0.39 is 6.04 Å². The Kier molecular flexibility index (Phi) is 5.35. The first-order valence-electron chi connectivity index (χ1n) is 6.10. The number of aromatic nitrogens is 2. The fraction of sp³-hybridized carbons (Fsp3) is 0.583. The Bertz CT molecular complexity index is 513. The van der Waals surface area contributed by atoms with E-state index in [1.54, 1.807) is 14.0 Å². The van der Waals surface area contributed by atoms with Crippen LogP contribution in [-0.4, -0.2) is 28.8 Å². The number of rotatable bonds is 5. The largest absolute Gasteiger partial charge is 0.371 e. The van der Waals surface area contributed by atoms with Crippen molar-refractivity contribution < 1.29 is 4.79 Å². The highest BCUT2D eigenvalue weighted by atomic mass is 35.5. The maximum atomic E-state index is 12.0. The Morgan fingerprint density at radius 1 is 1.47 bits per heavy atom. The van der Waals surface area contributed by atoms with Crippen molar-refractivity contribution >= 4 is 23.2 Å². The van der Waals surface area contributed by atoms with Crippen LogP contribution in [0.5, 0.6) is 0 Å². The molecule has 0 aliphatic carbocycles. The van der Waals surface area contributed by atoms with Crippen molar-refractivity contribution in [1.29, 1.82) is 0 Å². The van der Waals surface area contributed by atoms with Gasteiger partial charge in [-0.1, -0.05) is 25.4 Å². The zero-order chi connectivity index (χ0) is 14.6. The van der Waals surface area contributed by atoms with E-state index >= 15 is 0 Å². The van der Waals surface area contributed by atoms with Gasteiger partial charge in [0.05, 0.1) is 11.9 Å². The van der Waals surface area contributed by atoms with Gasteiger partial charge in [-0.05, 0) is 12.8 Å². The van der Waals surface area contributed by atoms with E-state index in [0.29, 0.717) is 18.2 Å². The molecule has 1 heterocycles. The lowest BCUT2D eigenvalue weighted by Crippen LogP contribution is -2.36. The molecule has 0 saturated heterocycles. The summed E-state index contributed by atoms with van der Waals surface area (Å²) in [6.45, 7) is 6.16. The summed E-state index contributed by atoms with van der Waals surface area (Å²) in [5.74, 6) is 0.104. The van der Waals surface area contributed by atoms with Crippen molar-refractivity contribution in [3.8, 4) is 0 Å². The number of halogens is 1. The summed E-state index contributed by atoms with van der Waals surface area (Å²) < 4.78 is 1.32. The Hall–Kier alpha value is -1.56. The van der Waals surface area contributed by atoms with Gasteiger partial charge < -0.3 is 10.6 Å². The number of amides is 1. The summed E-state index contributed by atoms with van der Waals surface area (Å²) in [5, 5.41) is 9.46. The highest BCUT2D eigenvalue weighted by molar-refractivity contribution is 6.33. The van der Waals surface area contributed by atoms with Crippen LogP contribution in [0.25, 0.3) is 0 Å². The van der Waals surface area contributed by atoms with Crippen molar-refractivity contribution in [2.45, 2.75) is 33.4 Å². The molecule has 2 N–H and O–H groups in total. The summed E-state index contributed by atoms with van der Waals surface area (Å²) >= 11 is 6.01. The third-order valence-corrected chi connectivity index (χ3v) is 2.90. The number of hydrogen-bond donors (Lipinski definition) is 2. The number of carbonyl (C=O) groups excluding carboxylic acids is 1. The Labute approximate surface area is 117 Å². The van der Waals surface area contributed by atoms with E-state index in [-0.39, 0.29) is 16.5 Å². The summed E-state index contributed by atoms with van der Waals surface area (Å²) in [7, 11) is 1.54. The highest BCUT2D eigenvalue weighted by Gasteiger charge is 2.15. The van der Waals surface area contributed by atoms with E-state index in [9.17, 15) is 9.59 Å². The molecule has 0 saturated carbocycles. The average Bonchev–Trinajstić information content (AvgIpc) is 2.36. The molecule has 19 heavy (non-hydrogen) atoms. The maximum Gasteiger partial charge on any atom is 0.287 e. The van der Waals surface area contributed by atoms with Gasteiger partial charge in [0.15, 0.2) is 0 Å². The SMILES string of the molecule is CNC(=O)C(C)Nc1cnn(CC(C)C)c(=O)c1Cl. The lowest BCUT2D eigenvalue weighted by Gasteiger charge is -2.15. The third kappa shape index (κ3) is 3.96. The first-order valence-corrected chi connectivity index (χ1v) is 6.48. The first-order chi connectivity index (χ1) is 8.86. The molecule has 1 atom stereocenters. The zero-order valence-electron chi connectivity index (χ0n) is 11.5. The molecular weight excluding hydrogens is 268 g/mol. The predicted octanol–water partition coefficient (Wildman–Crippen LogP) is 1.10. The molecule has 1 aromatic rings. The molecule has 0 fully saturated rings. The molecule has 7 heteroatoms. The molecule has 0 spiro atoms. The summed E-state index contributed by atoms with van der Waals surface area (Å²) in [6, 6.07) is -0.496. The van der Waals surface area contributed by atoms with Gasteiger partial charge >= 0.3 is 0 Å². The monoisotopic (exact) mass is 286 g/mol. The fourth-order valence-corrected chi connectivity index (χ4v) is 1.76. The zero-order valence-corrected chi connectivity index (χ0v) is 12.3. The van der Waals surface area contributed by atoms with Crippen LogP contribution >= 0.6 is 11.6 Å². The van der Waals surface area contributed by atoms with E-state index in [4.69, 9.17) is 11.6 Å². The number of nitrogens with one attached hydrogen (secondary N) is 2. The van der Waals surface area contributed by atoms with Crippen molar-refractivity contribution in [1.82, 2.24) is 15.1 Å². The van der Waals surface area contributed by atoms with Gasteiger partial charge in [-0.2, -0.15) is 5.10 Å². The molecule has 1 aromatic heterocycles. The van der Waals surface area contributed by atoms with E-state index in [0.717, 1.165) is 0 Å². The van der Waals surface area contributed by atoms with Crippen LogP contribution in [0.4, 0.5) is 5.69 Å². The number of hydrogen-bond acceptors (Lipinski definition) is 4. The first kappa shape index (κ1) is 15.5. The molecule has 106 valence electrons. The van der Waals surface area contributed by atoms with Crippen LogP contribution in [-0.2, 0) is 11.3 Å². The molecule has 1 unspecified atom stereocenters. The second-order valence-electron chi connectivity index (χ2n) is 4.73. The predicted molar refractivity (Wildman–Crippen MR) is 75.5 cm³/mol. The summed E-state index contributed by atoms with van der Waals surface area (Å²) in [4.78, 5) is 23.4. The van der Waals surface area contributed by atoms with E-state index in [1.165, 1.54) is 10.9 Å². The average molecular weight is 287 g/mol.